The number of nitrogens with one attached hydrogen (secondary N) is 1. The summed E-state index contributed by atoms with van der Waals surface area (Å²) in [6.07, 6.45) is 1.00. The summed E-state index contributed by atoms with van der Waals surface area (Å²) in [7, 11) is 2.05. The van der Waals surface area contributed by atoms with Crippen LogP contribution in [0.15, 0.2) is 22.7 Å². The number of rotatable bonds is 4. The van der Waals surface area contributed by atoms with Crippen molar-refractivity contribution < 1.29 is 0 Å². The highest BCUT2D eigenvalue weighted by Gasteiger charge is 2.24. The minimum Gasteiger partial charge on any atom is -0.316 e. The predicted molar refractivity (Wildman–Crippen MR) is 89.3 cm³/mol. The third-order valence-electron chi connectivity index (χ3n) is 3.12. The topological polar surface area (TPSA) is 12.0 Å². The first-order valence-corrected chi connectivity index (χ1v) is 9.38. The molecule has 0 bridgehead atoms. The number of benzene rings is 1. The van der Waals surface area contributed by atoms with E-state index in [1.165, 1.54) is 22.8 Å². The van der Waals surface area contributed by atoms with Crippen LogP contribution in [0.3, 0.4) is 0 Å². The van der Waals surface area contributed by atoms with Crippen molar-refractivity contribution in [1.29, 1.82) is 0 Å². The number of halogens is 2. The van der Waals surface area contributed by atoms with Crippen molar-refractivity contribution in [3.05, 3.63) is 33.3 Å². The Labute approximate surface area is 131 Å². The van der Waals surface area contributed by atoms with Gasteiger partial charge in [-0.1, -0.05) is 33.6 Å². The summed E-state index contributed by atoms with van der Waals surface area (Å²) < 4.78 is 1.04. The summed E-state index contributed by atoms with van der Waals surface area (Å²) in [6, 6.07) is 6.67. The lowest BCUT2D eigenvalue weighted by Gasteiger charge is -2.29. The molecule has 0 radical (unpaired) electrons. The smallest absolute Gasteiger partial charge is 0.0449 e. The lowest BCUT2D eigenvalue weighted by Crippen LogP contribution is -2.40. The fourth-order valence-electron chi connectivity index (χ4n) is 2.08. The number of likely N-dealkylation sites (N-methyl/N-ethyl adjacent to an activating group) is 1. The minimum absolute atomic E-state index is 0.501. The van der Waals surface area contributed by atoms with Crippen molar-refractivity contribution in [3.63, 3.8) is 0 Å². The Morgan fingerprint density at radius 2 is 2.33 bits per heavy atom. The van der Waals surface area contributed by atoms with E-state index in [1.54, 1.807) is 0 Å². The molecular formula is C13H17BrClNS2. The van der Waals surface area contributed by atoms with Crippen LogP contribution in [0.4, 0.5) is 0 Å². The molecule has 1 fully saturated rings. The molecule has 1 nitrogen and oxygen atoms in total. The Kier molecular flexibility index (Phi) is 6.22. The van der Waals surface area contributed by atoms with Gasteiger partial charge in [-0.15, -0.1) is 0 Å². The molecule has 18 heavy (non-hydrogen) atoms. The Morgan fingerprint density at radius 1 is 1.50 bits per heavy atom. The summed E-state index contributed by atoms with van der Waals surface area (Å²) in [5.41, 5.74) is 1.23. The molecule has 2 unspecified atom stereocenters. The summed E-state index contributed by atoms with van der Waals surface area (Å²) in [4.78, 5) is 0. The zero-order valence-electron chi connectivity index (χ0n) is 10.3. The maximum atomic E-state index is 6.30. The number of hydrogen-bond acceptors (Lipinski definition) is 3. The van der Waals surface area contributed by atoms with Crippen molar-refractivity contribution in [3.8, 4) is 0 Å². The van der Waals surface area contributed by atoms with Crippen LogP contribution in [0.2, 0.25) is 5.02 Å². The van der Waals surface area contributed by atoms with Crippen LogP contribution in [0.25, 0.3) is 0 Å². The normalized spacial score (nSPS) is 21.8. The fraction of sp³-hybridized carbons (Fsp3) is 0.538. The molecule has 0 aromatic heterocycles. The SMILES string of the molecule is CNC(Cc1ccc(Br)cc1Cl)C1CSCCS1. The van der Waals surface area contributed by atoms with E-state index in [-0.39, 0.29) is 0 Å². The average Bonchev–Trinajstić information content (AvgIpc) is 2.39. The molecule has 1 aromatic rings. The van der Waals surface area contributed by atoms with Crippen LogP contribution in [0.1, 0.15) is 5.56 Å². The van der Waals surface area contributed by atoms with Gasteiger partial charge in [0.15, 0.2) is 0 Å². The second-order valence-electron chi connectivity index (χ2n) is 4.32. The molecule has 100 valence electrons. The zero-order chi connectivity index (χ0) is 13.0. The molecule has 1 heterocycles. The Bertz CT molecular complexity index is 397. The monoisotopic (exact) mass is 365 g/mol. The zero-order valence-corrected chi connectivity index (χ0v) is 14.3. The van der Waals surface area contributed by atoms with Crippen molar-refractivity contribution in [2.75, 3.05) is 24.3 Å². The highest BCUT2D eigenvalue weighted by molar-refractivity contribution is 9.10. The average molecular weight is 367 g/mol. The molecule has 5 heteroatoms. The molecule has 0 spiro atoms. The van der Waals surface area contributed by atoms with Crippen LogP contribution in [-0.2, 0) is 6.42 Å². The van der Waals surface area contributed by atoms with E-state index in [4.69, 9.17) is 11.6 Å². The number of hydrogen-bond donors (Lipinski definition) is 1. The van der Waals surface area contributed by atoms with Crippen LogP contribution in [0, 0.1) is 0 Å². The quantitative estimate of drug-likeness (QED) is 0.862. The van der Waals surface area contributed by atoms with Crippen molar-refractivity contribution in [2.45, 2.75) is 17.7 Å². The summed E-state index contributed by atoms with van der Waals surface area (Å²) >= 11 is 13.9. The van der Waals surface area contributed by atoms with E-state index in [1.807, 2.05) is 6.07 Å². The molecule has 0 aliphatic carbocycles. The first-order valence-electron chi connectivity index (χ1n) is 6.01. The molecule has 1 aliphatic rings. The van der Waals surface area contributed by atoms with Crippen molar-refractivity contribution >= 4 is 51.1 Å². The largest absolute Gasteiger partial charge is 0.316 e. The summed E-state index contributed by atoms with van der Waals surface area (Å²) in [5, 5.41) is 5.01. The van der Waals surface area contributed by atoms with Crippen LogP contribution >= 0.6 is 51.1 Å². The Balaban J connectivity index is 2.04. The highest BCUT2D eigenvalue weighted by Crippen LogP contribution is 2.29. The predicted octanol–water partition coefficient (Wildman–Crippen LogP) is 4.08. The second kappa shape index (κ2) is 7.44. The molecule has 0 saturated carbocycles. The lowest BCUT2D eigenvalue weighted by molar-refractivity contribution is 0.557. The van der Waals surface area contributed by atoms with E-state index in [9.17, 15) is 0 Å². The molecule has 2 atom stereocenters. The molecular weight excluding hydrogens is 350 g/mol. The van der Waals surface area contributed by atoms with E-state index in [0.29, 0.717) is 11.3 Å². The van der Waals surface area contributed by atoms with E-state index in [0.717, 1.165) is 15.9 Å². The first-order chi connectivity index (χ1) is 8.70. The van der Waals surface area contributed by atoms with Crippen molar-refractivity contribution in [1.82, 2.24) is 5.32 Å². The minimum atomic E-state index is 0.501. The standard InChI is InChI=1S/C13H17BrClNS2/c1-16-12(13-8-17-4-5-18-13)6-9-2-3-10(14)7-11(9)15/h2-3,7,12-13,16H,4-6,8H2,1H3. The van der Waals surface area contributed by atoms with E-state index in [2.05, 4.69) is 64.0 Å². The molecule has 1 saturated heterocycles. The van der Waals surface area contributed by atoms with Crippen LogP contribution < -0.4 is 5.32 Å². The van der Waals surface area contributed by atoms with Gasteiger partial charge in [0.1, 0.15) is 0 Å². The highest BCUT2D eigenvalue weighted by atomic mass is 79.9. The maximum Gasteiger partial charge on any atom is 0.0449 e. The van der Waals surface area contributed by atoms with Gasteiger partial charge in [-0.25, -0.2) is 0 Å². The van der Waals surface area contributed by atoms with Gasteiger partial charge in [-0.3, -0.25) is 0 Å². The van der Waals surface area contributed by atoms with Crippen molar-refractivity contribution in [2.24, 2.45) is 0 Å². The van der Waals surface area contributed by atoms with Gasteiger partial charge < -0.3 is 5.32 Å². The summed E-state index contributed by atoms with van der Waals surface area (Å²) in [5.74, 6) is 3.79. The molecule has 2 rings (SSSR count). The second-order valence-corrected chi connectivity index (χ2v) is 8.14. The summed E-state index contributed by atoms with van der Waals surface area (Å²) in [6.45, 7) is 0. The van der Waals surface area contributed by atoms with Crippen LogP contribution in [0.5, 0.6) is 0 Å². The van der Waals surface area contributed by atoms with Crippen LogP contribution in [-0.4, -0.2) is 35.6 Å². The van der Waals surface area contributed by atoms with E-state index < -0.39 is 0 Å². The maximum absolute atomic E-state index is 6.30. The van der Waals surface area contributed by atoms with Gasteiger partial charge in [0.25, 0.3) is 0 Å². The van der Waals surface area contributed by atoms with Gasteiger partial charge >= 0.3 is 0 Å². The van der Waals surface area contributed by atoms with E-state index >= 15 is 0 Å². The molecule has 1 aliphatic heterocycles. The molecule has 1 N–H and O–H groups in total. The number of thioether (sulfide) groups is 2. The Hall–Kier alpha value is 0.650. The third kappa shape index (κ3) is 4.07. The van der Waals surface area contributed by atoms with Gasteiger partial charge in [0.05, 0.1) is 0 Å². The lowest BCUT2D eigenvalue weighted by atomic mass is 10.0. The first kappa shape index (κ1) is 15.0. The molecule has 0 amide bonds. The Morgan fingerprint density at radius 3 is 2.94 bits per heavy atom. The molecule has 1 aromatic carbocycles. The van der Waals surface area contributed by atoms with Gasteiger partial charge in [-0.05, 0) is 31.2 Å². The van der Waals surface area contributed by atoms with Gasteiger partial charge in [0.2, 0.25) is 0 Å². The van der Waals surface area contributed by atoms with Gasteiger partial charge in [0, 0.05) is 38.0 Å². The van der Waals surface area contributed by atoms with Gasteiger partial charge in [-0.2, -0.15) is 23.5 Å². The fourth-order valence-corrected chi connectivity index (χ4v) is 5.76. The third-order valence-corrected chi connectivity index (χ3v) is 6.88.